The Morgan fingerprint density at radius 1 is 1.12 bits per heavy atom. The van der Waals surface area contributed by atoms with Crippen LogP contribution in [0.1, 0.15) is 49.1 Å². The van der Waals surface area contributed by atoms with E-state index in [2.05, 4.69) is 30.7 Å². The van der Waals surface area contributed by atoms with Gasteiger partial charge in [0.25, 0.3) is 0 Å². The molecule has 0 bridgehead atoms. The van der Waals surface area contributed by atoms with Crippen LogP contribution >= 0.6 is 0 Å². The van der Waals surface area contributed by atoms with Crippen molar-refractivity contribution < 1.29 is 4.63 Å². The van der Waals surface area contributed by atoms with Crippen molar-refractivity contribution in [3.05, 3.63) is 58.3 Å². The fourth-order valence-corrected chi connectivity index (χ4v) is 4.32. The number of aromatic nitrogens is 4. The Hall–Kier alpha value is -3.14. The first-order valence-electron chi connectivity index (χ1n) is 9.00. The van der Waals surface area contributed by atoms with Crippen molar-refractivity contribution in [2.24, 2.45) is 5.92 Å². The maximum Gasteiger partial charge on any atom is 0.196 e. The number of hydrogen-bond acceptors (Lipinski definition) is 5. The summed E-state index contributed by atoms with van der Waals surface area (Å²) >= 11 is 0. The van der Waals surface area contributed by atoms with E-state index < -0.39 is 0 Å². The number of fused-ring (bicyclic) bond motifs is 2. The van der Waals surface area contributed by atoms with E-state index in [0.717, 1.165) is 41.2 Å². The summed E-state index contributed by atoms with van der Waals surface area (Å²) in [6, 6.07) is 5.81. The van der Waals surface area contributed by atoms with E-state index in [1.807, 2.05) is 18.2 Å². The van der Waals surface area contributed by atoms with Crippen molar-refractivity contribution in [1.29, 1.82) is 0 Å². The van der Waals surface area contributed by atoms with Gasteiger partial charge in [0.2, 0.25) is 0 Å². The minimum atomic E-state index is -0.213. The van der Waals surface area contributed by atoms with Gasteiger partial charge in [-0.1, -0.05) is 31.4 Å². The molecule has 0 radical (unpaired) electrons. The van der Waals surface area contributed by atoms with E-state index in [0.29, 0.717) is 17.0 Å². The highest BCUT2D eigenvalue weighted by atomic mass is 16.6. The Morgan fingerprint density at radius 3 is 2.85 bits per heavy atom. The summed E-state index contributed by atoms with van der Waals surface area (Å²) < 4.78 is 4.95. The van der Waals surface area contributed by atoms with Crippen LogP contribution < -0.4 is 5.32 Å². The van der Waals surface area contributed by atoms with Crippen LogP contribution in [-0.2, 0) is 0 Å². The van der Waals surface area contributed by atoms with Gasteiger partial charge in [0, 0.05) is 11.3 Å². The Labute approximate surface area is 150 Å². The number of aromatic amines is 1. The number of rotatable bonds is 2. The SMILES string of the molecule is [C-]#[N+]C1=C(C2CCCCC2)Nc2[nH]ncc2C1c1cccc2nonc12. The van der Waals surface area contributed by atoms with Crippen LogP contribution in [0.25, 0.3) is 15.9 Å². The molecule has 0 spiro atoms. The lowest BCUT2D eigenvalue weighted by Gasteiger charge is -2.32. The Bertz CT molecular complexity index is 1030. The van der Waals surface area contributed by atoms with Crippen molar-refractivity contribution in [1.82, 2.24) is 20.5 Å². The quantitative estimate of drug-likeness (QED) is 0.679. The van der Waals surface area contributed by atoms with Gasteiger partial charge in [-0.3, -0.25) is 5.10 Å². The third kappa shape index (κ3) is 2.22. The normalized spacial score (nSPS) is 20.7. The second-order valence-corrected chi connectivity index (χ2v) is 6.98. The summed E-state index contributed by atoms with van der Waals surface area (Å²) in [5.41, 5.74) is 5.08. The number of H-pyrrole nitrogens is 1. The molecule has 1 aliphatic carbocycles. The summed E-state index contributed by atoms with van der Waals surface area (Å²) in [6.45, 7) is 7.93. The maximum atomic E-state index is 7.93. The highest BCUT2D eigenvalue weighted by Gasteiger charge is 2.36. The van der Waals surface area contributed by atoms with Crippen LogP contribution in [0.5, 0.6) is 0 Å². The average Bonchev–Trinajstić information content (AvgIpc) is 3.36. The van der Waals surface area contributed by atoms with Crippen LogP contribution in [0.2, 0.25) is 0 Å². The third-order valence-electron chi connectivity index (χ3n) is 5.55. The number of benzene rings is 1. The number of nitrogens with one attached hydrogen (secondary N) is 2. The van der Waals surface area contributed by atoms with Gasteiger partial charge in [-0.15, -0.1) is 0 Å². The first-order valence-corrected chi connectivity index (χ1v) is 9.00. The molecule has 0 saturated heterocycles. The van der Waals surface area contributed by atoms with E-state index >= 15 is 0 Å². The highest BCUT2D eigenvalue weighted by Crippen LogP contribution is 2.46. The molecule has 130 valence electrons. The minimum absolute atomic E-state index is 0.213. The fraction of sp³-hybridized carbons (Fsp3) is 0.368. The molecule has 1 saturated carbocycles. The first kappa shape index (κ1) is 15.1. The van der Waals surface area contributed by atoms with Gasteiger partial charge in [0.05, 0.1) is 18.7 Å². The van der Waals surface area contributed by atoms with Gasteiger partial charge in [-0.25, -0.2) is 9.47 Å². The van der Waals surface area contributed by atoms with Gasteiger partial charge in [0.15, 0.2) is 5.70 Å². The minimum Gasteiger partial charge on any atom is -0.354 e. The second kappa shape index (κ2) is 5.99. The van der Waals surface area contributed by atoms with Gasteiger partial charge in [-0.05, 0) is 40.7 Å². The van der Waals surface area contributed by atoms with Crippen molar-refractivity contribution in [3.8, 4) is 0 Å². The molecular weight excluding hydrogens is 328 g/mol. The van der Waals surface area contributed by atoms with Gasteiger partial charge in [-0.2, -0.15) is 5.10 Å². The highest BCUT2D eigenvalue weighted by molar-refractivity contribution is 5.80. The monoisotopic (exact) mass is 346 g/mol. The molecule has 2 aromatic heterocycles. The molecule has 5 rings (SSSR count). The molecule has 1 aromatic carbocycles. The van der Waals surface area contributed by atoms with Crippen molar-refractivity contribution in [2.45, 2.75) is 38.0 Å². The predicted octanol–water partition coefficient (Wildman–Crippen LogP) is 4.21. The predicted molar refractivity (Wildman–Crippen MR) is 96.1 cm³/mol. The van der Waals surface area contributed by atoms with Crippen molar-refractivity contribution in [2.75, 3.05) is 5.32 Å². The Balaban J connectivity index is 1.72. The number of nitrogens with zero attached hydrogens (tertiary/aromatic N) is 4. The molecule has 2 N–H and O–H groups in total. The molecule has 3 aromatic rings. The van der Waals surface area contributed by atoms with E-state index in [1.165, 1.54) is 19.3 Å². The Morgan fingerprint density at radius 2 is 2.00 bits per heavy atom. The second-order valence-electron chi connectivity index (χ2n) is 6.98. The van der Waals surface area contributed by atoms with E-state index in [4.69, 9.17) is 11.2 Å². The average molecular weight is 346 g/mol. The maximum absolute atomic E-state index is 7.93. The molecule has 1 fully saturated rings. The van der Waals surface area contributed by atoms with Crippen molar-refractivity contribution in [3.63, 3.8) is 0 Å². The molecule has 7 heteroatoms. The summed E-state index contributed by atoms with van der Waals surface area (Å²) in [5.74, 6) is 1.05. The molecule has 1 aliphatic heterocycles. The van der Waals surface area contributed by atoms with Gasteiger partial charge >= 0.3 is 0 Å². The molecule has 0 amide bonds. The van der Waals surface area contributed by atoms with Crippen LogP contribution in [0, 0.1) is 12.5 Å². The lowest BCUT2D eigenvalue weighted by molar-refractivity contribution is 0.315. The zero-order chi connectivity index (χ0) is 17.5. The fourth-order valence-electron chi connectivity index (χ4n) is 4.32. The smallest absolute Gasteiger partial charge is 0.196 e. The lowest BCUT2D eigenvalue weighted by atomic mass is 9.79. The number of hydrogen-bond donors (Lipinski definition) is 2. The summed E-state index contributed by atoms with van der Waals surface area (Å²) in [4.78, 5) is 3.98. The molecule has 1 unspecified atom stereocenters. The first-order chi connectivity index (χ1) is 12.9. The van der Waals surface area contributed by atoms with Gasteiger partial charge in [0.1, 0.15) is 16.9 Å². The van der Waals surface area contributed by atoms with E-state index in [1.54, 1.807) is 6.20 Å². The van der Waals surface area contributed by atoms with E-state index in [9.17, 15) is 0 Å². The molecule has 3 heterocycles. The van der Waals surface area contributed by atoms with Crippen LogP contribution in [0.4, 0.5) is 5.82 Å². The summed E-state index contributed by atoms with van der Waals surface area (Å²) in [7, 11) is 0. The largest absolute Gasteiger partial charge is 0.354 e. The Kier molecular flexibility index (Phi) is 3.49. The molecule has 26 heavy (non-hydrogen) atoms. The molecule has 2 aliphatic rings. The molecular formula is C19H18N6O. The van der Waals surface area contributed by atoms with Crippen molar-refractivity contribution >= 4 is 16.9 Å². The topological polar surface area (TPSA) is 84.0 Å². The standard InChI is InChI=1S/C19H18N6O/c1-20-18-15(12-8-5-9-14-17(12)25-26-24-14)13-10-21-23-19(13)22-16(18)11-6-3-2-4-7-11/h5,8-11,15H,2-4,6-7H2,(H2,21,22,23). The van der Waals surface area contributed by atoms with Gasteiger partial charge < -0.3 is 5.32 Å². The number of allylic oxidation sites excluding steroid dienone is 2. The van der Waals surface area contributed by atoms with Crippen LogP contribution in [-0.4, -0.2) is 20.5 Å². The number of anilines is 1. The zero-order valence-electron chi connectivity index (χ0n) is 14.2. The third-order valence-corrected chi connectivity index (χ3v) is 5.55. The molecule has 7 nitrogen and oxygen atoms in total. The van der Waals surface area contributed by atoms with Crippen LogP contribution in [0.3, 0.4) is 0 Å². The zero-order valence-corrected chi connectivity index (χ0v) is 14.2. The molecule has 1 atom stereocenters. The van der Waals surface area contributed by atoms with Crippen LogP contribution in [0.15, 0.2) is 40.4 Å². The lowest BCUT2D eigenvalue weighted by Crippen LogP contribution is -2.24. The summed E-state index contributed by atoms with van der Waals surface area (Å²) in [6.07, 6.45) is 7.73. The van der Waals surface area contributed by atoms with E-state index in [-0.39, 0.29) is 5.92 Å². The summed E-state index contributed by atoms with van der Waals surface area (Å²) in [5, 5.41) is 18.8.